The average molecular weight is 338 g/mol. The van der Waals surface area contributed by atoms with Crippen LogP contribution in [0, 0.1) is 0 Å². The fourth-order valence-electron chi connectivity index (χ4n) is 2.18. The lowest BCUT2D eigenvalue weighted by Gasteiger charge is -2.18. The number of nitrogens with zero attached hydrogens (tertiary/aromatic N) is 2. The van der Waals surface area contributed by atoms with Crippen molar-refractivity contribution in [2.24, 2.45) is 0 Å². The number of nitrogens with one attached hydrogen (secondary N) is 2. The molecule has 0 saturated heterocycles. The summed E-state index contributed by atoms with van der Waals surface area (Å²) in [4.78, 5) is 4.55. The second-order valence-electron chi connectivity index (χ2n) is 5.29. The van der Waals surface area contributed by atoms with Crippen LogP contribution in [0.4, 0.5) is 0 Å². The first-order chi connectivity index (χ1) is 10.9. The van der Waals surface area contributed by atoms with E-state index < -0.39 is 10.0 Å². The van der Waals surface area contributed by atoms with Gasteiger partial charge in [0.2, 0.25) is 15.9 Å². The van der Waals surface area contributed by atoms with Crippen molar-refractivity contribution in [1.29, 1.82) is 0 Å². The summed E-state index contributed by atoms with van der Waals surface area (Å²) >= 11 is 0. The van der Waals surface area contributed by atoms with Crippen molar-refractivity contribution < 1.29 is 12.9 Å². The van der Waals surface area contributed by atoms with Gasteiger partial charge in [0, 0.05) is 12.5 Å². The van der Waals surface area contributed by atoms with Crippen molar-refractivity contribution in [2.75, 3.05) is 7.05 Å². The van der Waals surface area contributed by atoms with E-state index in [-0.39, 0.29) is 17.0 Å². The van der Waals surface area contributed by atoms with Crippen LogP contribution in [0.15, 0.2) is 33.7 Å². The molecule has 2 atom stereocenters. The molecule has 0 radical (unpaired) electrons. The average Bonchev–Trinajstić information content (AvgIpc) is 3.04. The Morgan fingerprint density at radius 2 is 1.83 bits per heavy atom. The SMILES string of the molecule is CCc1noc([C@@H](C)N[C@@H](C)c2ccc(S(=O)(=O)NC)cc2)n1. The zero-order valence-electron chi connectivity index (χ0n) is 13.7. The molecule has 1 aromatic heterocycles. The van der Waals surface area contributed by atoms with E-state index in [4.69, 9.17) is 4.52 Å². The van der Waals surface area contributed by atoms with E-state index in [2.05, 4.69) is 20.2 Å². The molecule has 0 saturated carbocycles. The lowest BCUT2D eigenvalue weighted by atomic mass is 10.1. The van der Waals surface area contributed by atoms with Crippen LogP contribution in [0.1, 0.15) is 50.1 Å². The van der Waals surface area contributed by atoms with Crippen LogP contribution in [0.3, 0.4) is 0 Å². The zero-order valence-corrected chi connectivity index (χ0v) is 14.5. The molecular formula is C15H22N4O3S. The highest BCUT2D eigenvalue weighted by molar-refractivity contribution is 7.89. The van der Waals surface area contributed by atoms with E-state index in [0.717, 1.165) is 12.0 Å². The lowest BCUT2D eigenvalue weighted by Crippen LogP contribution is -2.23. The smallest absolute Gasteiger partial charge is 0.243 e. The van der Waals surface area contributed by atoms with Gasteiger partial charge in [-0.1, -0.05) is 24.2 Å². The third kappa shape index (κ3) is 4.15. The second kappa shape index (κ2) is 7.20. The van der Waals surface area contributed by atoms with Gasteiger partial charge in [-0.15, -0.1) is 0 Å². The molecule has 1 aromatic carbocycles. The van der Waals surface area contributed by atoms with E-state index in [1.54, 1.807) is 24.3 Å². The van der Waals surface area contributed by atoms with E-state index in [9.17, 15) is 8.42 Å². The molecule has 0 bridgehead atoms. The zero-order chi connectivity index (χ0) is 17.0. The molecule has 0 aliphatic heterocycles. The van der Waals surface area contributed by atoms with E-state index in [0.29, 0.717) is 11.7 Å². The summed E-state index contributed by atoms with van der Waals surface area (Å²) in [5.41, 5.74) is 0.974. The van der Waals surface area contributed by atoms with Crippen molar-refractivity contribution in [3.8, 4) is 0 Å². The summed E-state index contributed by atoms with van der Waals surface area (Å²) in [6.45, 7) is 5.91. The molecule has 0 spiro atoms. The number of sulfonamides is 1. The maximum Gasteiger partial charge on any atom is 0.243 e. The number of hydrogen-bond donors (Lipinski definition) is 2. The van der Waals surface area contributed by atoms with Crippen LogP contribution >= 0.6 is 0 Å². The quantitative estimate of drug-likeness (QED) is 0.801. The second-order valence-corrected chi connectivity index (χ2v) is 7.18. The molecular weight excluding hydrogens is 316 g/mol. The summed E-state index contributed by atoms with van der Waals surface area (Å²) < 4.78 is 31.0. The molecule has 0 amide bonds. The Labute approximate surface area is 136 Å². The Bertz CT molecular complexity index is 740. The summed E-state index contributed by atoms with van der Waals surface area (Å²) in [5.74, 6) is 1.23. The summed E-state index contributed by atoms with van der Waals surface area (Å²) in [7, 11) is -2.02. The predicted octanol–water partition coefficient (Wildman–Crippen LogP) is 1.95. The van der Waals surface area contributed by atoms with Gasteiger partial charge in [-0.05, 0) is 38.6 Å². The first kappa shape index (κ1) is 17.6. The van der Waals surface area contributed by atoms with Crippen LogP contribution < -0.4 is 10.0 Å². The molecule has 0 aliphatic carbocycles. The predicted molar refractivity (Wildman–Crippen MR) is 86.3 cm³/mol. The fraction of sp³-hybridized carbons (Fsp3) is 0.467. The standard InChI is InChI=1S/C15H22N4O3S/c1-5-14-18-15(22-19-14)11(3)17-10(2)12-6-8-13(9-7-12)23(20,21)16-4/h6-11,16-17H,5H2,1-4H3/t10-,11+/m0/s1. The van der Waals surface area contributed by atoms with Crippen molar-refractivity contribution in [3.05, 3.63) is 41.5 Å². The Morgan fingerprint density at radius 3 is 2.35 bits per heavy atom. The number of hydrogen-bond acceptors (Lipinski definition) is 6. The Hall–Kier alpha value is -1.77. The topological polar surface area (TPSA) is 97.1 Å². The largest absolute Gasteiger partial charge is 0.338 e. The Kier molecular flexibility index (Phi) is 5.51. The van der Waals surface area contributed by atoms with Gasteiger partial charge in [-0.25, -0.2) is 13.1 Å². The van der Waals surface area contributed by atoms with Gasteiger partial charge >= 0.3 is 0 Å². The molecule has 0 unspecified atom stereocenters. The summed E-state index contributed by atoms with van der Waals surface area (Å²) in [6, 6.07) is 6.67. The maximum absolute atomic E-state index is 11.7. The van der Waals surface area contributed by atoms with Gasteiger partial charge < -0.3 is 4.52 Å². The number of rotatable bonds is 7. The highest BCUT2D eigenvalue weighted by Crippen LogP contribution is 2.20. The molecule has 8 heteroatoms. The van der Waals surface area contributed by atoms with Crippen LogP contribution in [-0.4, -0.2) is 25.6 Å². The first-order valence-electron chi connectivity index (χ1n) is 7.49. The number of benzene rings is 1. The fourth-order valence-corrected chi connectivity index (χ4v) is 2.91. The van der Waals surface area contributed by atoms with Crippen molar-refractivity contribution in [3.63, 3.8) is 0 Å². The highest BCUT2D eigenvalue weighted by atomic mass is 32.2. The van der Waals surface area contributed by atoms with Crippen molar-refractivity contribution in [1.82, 2.24) is 20.2 Å². The van der Waals surface area contributed by atoms with Gasteiger partial charge in [0.1, 0.15) is 0 Å². The molecule has 2 N–H and O–H groups in total. The molecule has 2 rings (SSSR count). The molecule has 126 valence electrons. The Balaban J connectivity index is 2.07. The van der Waals surface area contributed by atoms with Crippen molar-refractivity contribution >= 4 is 10.0 Å². The van der Waals surface area contributed by atoms with Gasteiger partial charge in [0.15, 0.2) is 5.82 Å². The third-order valence-corrected chi connectivity index (χ3v) is 5.06. The molecule has 1 heterocycles. The maximum atomic E-state index is 11.7. The molecule has 23 heavy (non-hydrogen) atoms. The number of aromatic nitrogens is 2. The number of aryl methyl sites for hydroxylation is 1. The van der Waals surface area contributed by atoms with Gasteiger partial charge in [0.05, 0.1) is 10.9 Å². The normalized spacial score (nSPS) is 14.6. The van der Waals surface area contributed by atoms with Crippen LogP contribution in [0.2, 0.25) is 0 Å². The monoisotopic (exact) mass is 338 g/mol. The molecule has 7 nitrogen and oxygen atoms in total. The molecule has 0 fully saturated rings. The molecule has 2 aromatic rings. The van der Waals surface area contributed by atoms with E-state index >= 15 is 0 Å². The minimum atomic E-state index is -3.41. The van der Waals surface area contributed by atoms with Gasteiger partial charge in [-0.3, -0.25) is 5.32 Å². The Morgan fingerprint density at radius 1 is 1.17 bits per heavy atom. The minimum absolute atomic E-state index is 0.00770. The first-order valence-corrected chi connectivity index (χ1v) is 8.97. The van der Waals surface area contributed by atoms with Crippen molar-refractivity contribution in [2.45, 2.75) is 44.2 Å². The van der Waals surface area contributed by atoms with Crippen LogP contribution in [-0.2, 0) is 16.4 Å². The minimum Gasteiger partial charge on any atom is -0.338 e. The third-order valence-electron chi connectivity index (χ3n) is 3.63. The lowest BCUT2D eigenvalue weighted by molar-refractivity contribution is 0.325. The van der Waals surface area contributed by atoms with Crippen LogP contribution in [0.5, 0.6) is 0 Å². The molecule has 0 aliphatic rings. The summed E-state index contributed by atoms with van der Waals surface area (Å²) in [5, 5.41) is 7.24. The van der Waals surface area contributed by atoms with E-state index in [1.165, 1.54) is 7.05 Å². The van der Waals surface area contributed by atoms with Gasteiger partial charge in [0.25, 0.3) is 0 Å². The van der Waals surface area contributed by atoms with E-state index in [1.807, 2.05) is 20.8 Å². The van der Waals surface area contributed by atoms with Gasteiger partial charge in [-0.2, -0.15) is 4.98 Å². The highest BCUT2D eigenvalue weighted by Gasteiger charge is 2.17. The van der Waals surface area contributed by atoms with Crippen LogP contribution in [0.25, 0.3) is 0 Å². The summed E-state index contributed by atoms with van der Waals surface area (Å²) in [6.07, 6.45) is 0.729.